The van der Waals surface area contributed by atoms with E-state index in [9.17, 15) is 0 Å². The molecule has 1 aromatic carbocycles. The van der Waals surface area contributed by atoms with Gasteiger partial charge < -0.3 is 10.2 Å². The maximum Gasteiger partial charge on any atom is 0.159 e. The Bertz CT molecular complexity index is 362. The molecular weight excluding hydrogens is 164 g/mol. The van der Waals surface area contributed by atoms with Crippen molar-refractivity contribution in [2.45, 2.75) is 0 Å². The highest BCUT2D eigenvalue weighted by Gasteiger charge is 2.03. The molecule has 4 nitrogen and oxygen atoms in total. The number of fused-ring (bicyclic) bond motifs is 1. The van der Waals surface area contributed by atoms with Crippen molar-refractivity contribution in [1.29, 1.82) is 0 Å². The molecule has 56 valence electrons. The minimum atomic E-state index is -0.162. The van der Waals surface area contributed by atoms with E-state index in [1.165, 1.54) is 23.7 Å². The lowest BCUT2D eigenvalue weighted by Gasteiger charge is -1.93. The highest BCUT2D eigenvalue weighted by molar-refractivity contribution is 7.12. The van der Waals surface area contributed by atoms with Crippen LogP contribution in [0.25, 0.3) is 10.2 Å². The molecule has 2 aromatic rings. The lowest BCUT2D eigenvalue weighted by molar-refractivity contribution is 0.405. The van der Waals surface area contributed by atoms with Gasteiger partial charge in [-0.1, -0.05) is 4.49 Å². The van der Waals surface area contributed by atoms with E-state index >= 15 is 0 Å². The Morgan fingerprint density at radius 2 is 1.91 bits per heavy atom. The van der Waals surface area contributed by atoms with Crippen LogP contribution in [0.15, 0.2) is 12.1 Å². The zero-order valence-electron chi connectivity index (χ0n) is 5.35. The van der Waals surface area contributed by atoms with Gasteiger partial charge in [-0.05, 0) is 11.5 Å². The van der Waals surface area contributed by atoms with Crippen LogP contribution in [0.3, 0.4) is 0 Å². The van der Waals surface area contributed by atoms with Gasteiger partial charge in [0, 0.05) is 12.1 Å². The summed E-state index contributed by atoms with van der Waals surface area (Å²) < 4.78 is 4.42. The van der Waals surface area contributed by atoms with Gasteiger partial charge in [0.2, 0.25) is 0 Å². The molecule has 0 saturated carbocycles. The van der Waals surface area contributed by atoms with Crippen molar-refractivity contribution in [3.63, 3.8) is 0 Å². The maximum atomic E-state index is 9.04. The fraction of sp³-hybridized carbons (Fsp3) is 0. The summed E-state index contributed by atoms with van der Waals surface area (Å²) >= 11 is 1.18. The minimum absolute atomic E-state index is 0.136. The molecule has 0 bridgehead atoms. The van der Waals surface area contributed by atoms with Gasteiger partial charge in [0.05, 0.1) is 4.70 Å². The molecule has 0 aliphatic heterocycles. The van der Waals surface area contributed by atoms with Crippen molar-refractivity contribution >= 4 is 21.7 Å². The summed E-state index contributed by atoms with van der Waals surface area (Å²) in [5.74, 6) is -0.297. The number of phenols is 2. The van der Waals surface area contributed by atoms with E-state index in [0.29, 0.717) is 5.52 Å². The molecule has 0 aliphatic carbocycles. The fourth-order valence-electron chi connectivity index (χ4n) is 0.806. The Balaban J connectivity index is 2.86. The summed E-state index contributed by atoms with van der Waals surface area (Å²) in [6.45, 7) is 0. The SMILES string of the molecule is Oc1cc2nnsc2cc1O. The molecule has 1 heterocycles. The monoisotopic (exact) mass is 168 g/mol. The molecular formula is C6H4N2O2S. The van der Waals surface area contributed by atoms with E-state index in [1.807, 2.05) is 0 Å². The van der Waals surface area contributed by atoms with E-state index in [1.54, 1.807) is 0 Å². The van der Waals surface area contributed by atoms with E-state index in [4.69, 9.17) is 10.2 Å². The number of aromatic nitrogens is 2. The number of hydrogen-bond acceptors (Lipinski definition) is 5. The Labute approximate surface area is 65.9 Å². The van der Waals surface area contributed by atoms with Crippen molar-refractivity contribution in [3.8, 4) is 11.5 Å². The summed E-state index contributed by atoms with van der Waals surface area (Å²) in [5, 5.41) is 21.8. The zero-order chi connectivity index (χ0) is 7.84. The Morgan fingerprint density at radius 1 is 1.18 bits per heavy atom. The predicted octanol–water partition coefficient (Wildman–Crippen LogP) is 1.10. The van der Waals surface area contributed by atoms with Gasteiger partial charge in [-0.3, -0.25) is 0 Å². The zero-order valence-corrected chi connectivity index (χ0v) is 6.17. The Morgan fingerprint density at radius 3 is 2.73 bits per heavy atom. The Hall–Kier alpha value is -1.36. The first-order valence-electron chi connectivity index (χ1n) is 2.91. The number of nitrogens with zero attached hydrogens (tertiary/aromatic N) is 2. The second-order valence-corrected chi connectivity index (χ2v) is 2.87. The molecule has 0 spiro atoms. The van der Waals surface area contributed by atoms with Crippen LogP contribution in [0.5, 0.6) is 11.5 Å². The molecule has 1 aromatic heterocycles. The number of rotatable bonds is 0. The molecule has 2 N–H and O–H groups in total. The first kappa shape index (κ1) is 6.36. The largest absolute Gasteiger partial charge is 0.504 e. The molecule has 5 heteroatoms. The van der Waals surface area contributed by atoms with Crippen molar-refractivity contribution in [2.75, 3.05) is 0 Å². The first-order chi connectivity index (χ1) is 5.27. The van der Waals surface area contributed by atoms with Crippen LogP contribution < -0.4 is 0 Å². The van der Waals surface area contributed by atoms with Crippen LogP contribution in [0, 0.1) is 0 Å². The van der Waals surface area contributed by atoms with Gasteiger partial charge in [0.25, 0.3) is 0 Å². The average Bonchev–Trinajstić information content (AvgIpc) is 2.36. The molecule has 0 amide bonds. The van der Waals surface area contributed by atoms with Gasteiger partial charge in [0.1, 0.15) is 5.52 Å². The minimum Gasteiger partial charge on any atom is -0.504 e. The molecule has 0 radical (unpaired) electrons. The van der Waals surface area contributed by atoms with Crippen LogP contribution >= 0.6 is 11.5 Å². The van der Waals surface area contributed by atoms with Crippen LogP contribution in [-0.4, -0.2) is 19.8 Å². The summed E-state index contributed by atoms with van der Waals surface area (Å²) in [4.78, 5) is 0. The Kier molecular flexibility index (Phi) is 1.19. The normalized spacial score (nSPS) is 10.5. The van der Waals surface area contributed by atoms with Crippen molar-refractivity contribution in [3.05, 3.63) is 12.1 Å². The summed E-state index contributed by atoms with van der Waals surface area (Å²) in [5.41, 5.74) is 0.602. The van der Waals surface area contributed by atoms with Gasteiger partial charge in [-0.2, -0.15) is 0 Å². The lowest BCUT2D eigenvalue weighted by atomic mass is 10.3. The molecule has 0 fully saturated rings. The first-order valence-corrected chi connectivity index (χ1v) is 3.69. The van der Waals surface area contributed by atoms with Gasteiger partial charge in [0.15, 0.2) is 11.5 Å². The van der Waals surface area contributed by atoms with Gasteiger partial charge >= 0.3 is 0 Å². The van der Waals surface area contributed by atoms with Crippen LogP contribution in [0.4, 0.5) is 0 Å². The lowest BCUT2D eigenvalue weighted by Crippen LogP contribution is -1.70. The average molecular weight is 168 g/mol. The molecule has 2 rings (SSSR count). The molecule has 0 unspecified atom stereocenters. The van der Waals surface area contributed by atoms with Gasteiger partial charge in [-0.15, -0.1) is 5.10 Å². The molecule has 0 aliphatic rings. The standard InChI is InChI=1S/C6H4N2O2S/c9-4-1-3-6(2-5(4)10)11-8-7-3/h1-2,9-10H. The predicted molar refractivity (Wildman–Crippen MR) is 40.7 cm³/mol. The fourth-order valence-corrected chi connectivity index (χ4v) is 1.38. The number of hydrogen-bond donors (Lipinski definition) is 2. The third kappa shape index (κ3) is 0.894. The summed E-state index contributed by atoms with van der Waals surface area (Å²) in [6, 6.07) is 2.82. The highest BCUT2D eigenvalue weighted by Crippen LogP contribution is 2.30. The van der Waals surface area contributed by atoms with Crippen molar-refractivity contribution < 1.29 is 10.2 Å². The number of aromatic hydroxyl groups is 2. The quantitative estimate of drug-likeness (QED) is 0.578. The molecule has 11 heavy (non-hydrogen) atoms. The topological polar surface area (TPSA) is 66.2 Å². The smallest absolute Gasteiger partial charge is 0.159 e. The summed E-state index contributed by atoms with van der Waals surface area (Å²) in [7, 11) is 0. The van der Waals surface area contributed by atoms with Crippen molar-refractivity contribution in [2.24, 2.45) is 0 Å². The third-order valence-corrected chi connectivity index (χ3v) is 2.03. The second kappa shape index (κ2) is 2.06. The summed E-state index contributed by atoms with van der Waals surface area (Å²) in [6.07, 6.45) is 0. The van der Waals surface area contributed by atoms with Gasteiger partial charge in [-0.25, -0.2) is 0 Å². The third-order valence-electron chi connectivity index (χ3n) is 1.34. The van der Waals surface area contributed by atoms with E-state index in [0.717, 1.165) is 4.70 Å². The van der Waals surface area contributed by atoms with Crippen LogP contribution in [0.2, 0.25) is 0 Å². The van der Waals surface area contributed by atoms with Crippen molar-refractivity contribution in [1.82, 2.24) is 9.59 Å². The maximum absolute atomic E-state index is 9.04. The van der Waals surface area contributed by atoms with E-state index in [-0.39, 0.29) is 11.5 Å². The van der Waals surface area contributed by atoms with Crippen LogP contribution in [0.1, 0.15) is 0 Å². The number of benzene rings is 1. The second-order valence-electron chi connectivity index (χ2n) is 2.08. The van der Waals surface area contributed by atoms with Crippen LogP contribution in [-0.2, 0) is 0 Å². The molecule has 0 atom stereocenters. The highest BCUT2D eigenvalue weighted by atomic mass is 32.1. The number of phenolic OH excluding ortho intramolecular Hbond substituents is 2. The molecule has 0 saturated heterocycles. The van der Waals surface area contributed by atoms with E-state index in [2.05, 4.69) is 9.59 Å². The van der Waals surface area contributed by atoms with E-state index < -0.39 is 0 Å².